The number of ketones is 2. The lowest BCUT2D eigenvalue weighted by Gasteiger charge is -2.33. The van der Waals surface area contributed by atoms with E-state index in [4.69, 9.17) is 29.9 Å². The number of quaternary nitrogens is 1. The molecule has 4 heterocycles. The van der Waals surface area contributed by atoms with Crippen LogP contribution in [0.4, 0.5) is 19.7 Å². The highest BCUT2D eigenvalue weighted by atomic mass is 35.5. The Hall–Kier alpha value is -6.84. The predicted octanol–water partition coefficient (Wildman–Crippen LogP) is 8.31. The van der Waals surface area contributed by atoms with Crippen molar-refractivity contribution in [2.24, 2.45) is 5.10 Å². The van der Waals surface area contributed by atoms with Crippen molar-refractivity contribution in [2.75, 3.05) is 5.01 Å². The molecule has 3 aromatic carbocycles. The number of furan rings is 2. The van der Waals surface area contributed by atoms with Crippen LogP contribution in [0, 0.1) is 5.82 Å². The molecule has 1 atom stereocenters. The number of allylic oxidation sites excluding steroid dienone is 1. The van der Waals surface area contributed by atoms with Gasteiger partial charge < -0.3 is 18.3 Å². The summed E-state index contributed by atoms with van der Waals surface area (Å²) in [7, 11) is 0. The Balaban J connectivity index is 1.24. The Morgan fingerprint density at radius 3 is 2.34 bits per heavy atom. The van der Waals surface area contributed by atoms with Gasteiger partial charge in [0.15, 0.2) is 41.6 Å². The third-order valence-electron chi connectivity index (χ3n) is 8.74. The fourth-order valence-corrected chi connectivity index (χ4v) is 6.27. The summed E-state index contributed by atoms with van der Waals surface area (Å²) in [6, 6.07) is 23.7. The van der Waals surface area contributed by atoms with Crippen LogP contribution < -0.4 is 10.3 Å². The number of benzene rings is 3. The number of nitrogens with one attached hydrogen (secondary N) is 1. The maximum absolute atomic E-state index is 14.5. The number of aromatic nitrogens is 2. The molecule has 2 amide bonds. The van der Waals surface area contributed by atoms with E-state index in [0.29, 0.717) is 5.76 Å². The molecular weight excluding hydrogens is 747 g/mol. The molecule has 7 rings (SSSR count). The van der Waals surface area contributed by atoms with Gasteiger partial charge in [0, 0.05) is 19.4 Å². The zero-order valence-electron chi connectivity index (χ0n) is 30.0. The zero-order valence-corrected chi connectivity index (χ0v) is 30.7. The van der Waals surface area contributed by atoms with Gasteiger partial charge in [0.1, 0.15) is 42.4 Å². The lowest BCUT2D eigenvalue weighted by molar-refractivity contribution is -0.900. The molecule has 0 saturated heterocycles. The van der Waals surface area contributed by atoms with Crippen LogP contribution in [0.2, 0.25) is 5.02 Å². The highest BCUT2D eigenvalue weighted by Gasteiger charge is 2.46. The van der Waals surface area contributed by atoms with Gasteiger partial charge in [-0.2, -0.15) is 5.10 Å². The number of halogens is 2. The van der Waals surface area contributed by atoms with Crippen molar-refractivity contribution in [3.63, 3.8) is 0 Å². The van der Waals surface area contributed by atoms with E-state index in [2.05, 4.69) is 15.5 Å². The number of carbonyl (C=O) groups excluding carboxylic acids is 4. The lowest BCUT2D eigenvalue weighted by Crippen LogP contribution is -2.55. The first-order valence-corrected chi connectivity index (χ1v) is 17.5. The number of rotatable bonds is 13. The molecule has 0 fully saturated rings. The third-order valence-corrected chi connectivity index (χ3v) is 9.09. The van der Waals surface area contributed by atoms with Gasteiger partial charge in [-0.25, -0.2) is 14.0 Å². The smallest absolute Gasteiger partial charge is 0.456 e. The molecular formula is C40H33ClFN6O8+. The van der Waals surface area contributed by atoms with Crippen LogP contribution in [0.15, 0.2) is 123 Å². The maximum Gasteiger partial charge on any atom is 0.462 e. The van der Waals surface area contributed by atoms with E-state index in [1.54, 1.807) is 24.4 Å². The zero-order chi connectivity index (χ0) is 39.4. The van der Waals surface area contributed by atoms with Crippen molar-refractivity contribution in [1.82, 2.24) is 15.1 Å². The summed E-state index contributed by atoms with van der Waals surface area (Å²) in [4.78, 5) is 51.5. The molecule has 0 aliphatic carbocycles. The summed E-state index contributed by atoms with van der Waals surface area (Å²) in [6.07, 6.45) is 3.89. The quantitative estimate of drug-likeness (QED) is 0.0899. The van der Waals surface area contributed by atoms with E-state index in [9.17, 15) is 23.6 Å². The van der Waals surface area contributed by atoms with Gasteiger partial charge in [0.2, 0.25) is 0 Å². The Bertz CT molecular complexity index is 2510. The molecule has 56 heavy (non-hydrogen) atoms. The number of hydrogen-bond acceptors (Lipinski definition) is 10. The predicted molar refractivity (Wildman–Crippen MR) is 201 cm³/mol. The van der Waals surface area contributed by atoms with Gasteiger partial charge in [-0.15, -0.1) is 0 Å². The Morgan fingerprint density at radius 2 is 1.59 bits per heavy atom. The summed E-state index contributed by atoms with van der Waals surface area (Å²) in [5, 5.41) is 14.8. The summed E-state index contributed by atoms with van der Waals surface area (Å²) in [5.41, 5.74) is 1.04. The van der Waals surface area contributed by atoms with E-state index >= 15 is 0 Å². The molecule has 6 aromatic rings. The highest BCUT2D eigenvalue weighted by molar-refractivity contribution is 6.31. The number of anilines is 1. The van der Waals surface area contributed by atoms with Gasteiger partial charge in [0.25, 0.3) is 0 Å². The summed E-state index contributed by atoms with van der Waals surface area (Å²) in [5.74, 6) is -0.235. The molecule has 0 spiro atoms. The van der Waals surface area contributed by atoms with E-state index < -0.39 is 29.3 Å². The van der Waals surface area contributed by atoms with E-state index in [1.807, 2.05) is 42.5 Å². The lowest BCUT2D eigenvalue weighted by atomic mass is 10.1. The average molecular weight is 780 g/mol. The number of alkyl carbamates (subject to hydrolysis) is 1. The van der Waals surface area contributed by atoms with Crippen LogP contribution in [-0.4, -0.2) is 44.4 Å². The summed E-state index contributed by atoms with van der Waals surface area (Å²) < 4.78 is 37.9. The second-order valence-electron chi connectivity index (χ2n) is 12.7. The van der Waals surface area contributed by atoms with Gasteiger partial charge in [-0.3, -0.25) is 19.6 Å². The van der Waals surface area contributed by atoms with E-state index in [0.717, 1.165) is 16.3 Å². The van der Waals surface area contributed by atoms with Crippen molar-refractivity contribution in [1.29, 1.82) is 0 Å². The molecule has 1 unspecified atom stereocenters. The van der Waals surface area contributed by atoms with Crippen molar-refractivity contribution in [2.45, 2.75) is 40.2 Å². The first-order chi connectivity index (χ1) is 27.0. The van der Waals surface area contributed by atoms with Gasteiger partial charge in [-0.05, 0) is 52.7 Å². The normalized spacial score (nSPS) is 14.8. The molecule has 16 heteroatoms. The number of nitrogens with zero attached hydrogens (tertiary/aromatic N) is 5. The minimum absolute atomic E-state index is 0.00759. The van der Waals surface area contributed by atoms with Crippen molar-refractivity contribution in [3.8, 4) is 0 Å². The largest absolute Gasteiger partial charge is 0.462 e. The topological polar surface area (TPSA) is 158 Å². The Morgan fingerprint density at radius 1 is 0.875 bits per heavy atom. The average Bonchev–Trinajstić information content (AvgIpc) is 4.00. The number of carbonyl (C=O) groups is 4. The molecule has 3 aromatic heterocycles. The molecule has 1 aliphatic rings. The second-order valence-corrected chi connectivity index (χ2v) is 13.1. The number of ether oxygens (including phenoxy) is 2. The first-order valence-electron chi connectivity index (χ1n) is 17.2. The summed E-state index contributed by atoms with van der Waals surface area (Å²) >= 11 is 6.10. The van der Waals surface area contributed by atoms with E-state index in [-0.39, 0.29) is 70.5 Å². The first kappa shape index (κ1) is 37.5. The highest BCUT2D eigenvalue weighted by Crippen LogP contribution is 2.33. The number of Topliss-reactive ketones (excluding diaryl/α,β-unsaturated/α-hetero) is 2. The van der Waals surface area contributed by atoms with E-state index in [1.165, 1.54) is 66.4 Å². The Kier molecular flexibility index (Phi) is 10.6. The second kappa shape index (κ2) is 15.9. The molecule has 284 valence electrons. The molecule has 1 aliphatic heterocycles. The standard InChI is InChI=1S/C40H32ClFN6O8/c1-25(49)37-15-13-31(55-37)20-46-19-30(18-43-46)47(40(52)54-23-28-9-5-8-27-7-3-4-10-33(27)28)48(22-32-14-16-38(56-32)26(2)50)21-29(17-44-48)45-39(51)53-24-34-35(41)11-6-12-36(34)42/h3-19,21H,20,22-24H2,1-2H3/p+1. The number of amides is 2. The molecule has 0 radical (unpaired) electrons. The van der Waals surface area contributed by atoms with Crippen molar-refractivity contribution < 1.29 is 46.6 Å². The molecule has 14 nitrogen and oxygen atoms in total. The van der Waals surface area contributed by atoms with Gasteiger partial charge in [0.05, 0.1) is 24.0 Å². The van der Waals surface area contributed by atoms with Crippen LogP contribution in [0.1, 0.15) is 57.6 Å². The minimum Gasteiger partial charge on any atom is -0.456 e. The maximum atomic E-state index is 14.5. The fourth-order valence-electron chi connectivity index (χ4n) is 6.05. The molecule has 0 saturated carbocycles. The van der Waals surface area contributed by atoms with Gasteiger partial charge >= 0.3 is 12.2 Å². The summed E-state index contributed by atoms with van der Waals surface area (Å²) in [6.45, 7) is 2.08. The van der Waals surface area contributed by atoms with Crippen LogP contribution >= 0.6 is 11.6 Å². The van der Waals surface area contributed by atoms with Crippen molar-refractivity contribution >= 4 is 58.0 Å². The third kappa shape index (κ3) is 8.13. The SMILES string of the molecule is CC(=O)c1ccc(Cn2cc(N(C(=O)OCc3cccc4ccccc34)[N+]3(Cc4ccc(C(C)=O)o4)C=C(NC(=O)OCc4c(F)cccc4Cl)C=N3)cn2)o1. The van der Waals surface area contributed by atoms with Crippen LogP contribution in [0.25, 0.3) is 10.8 Å². The minimum atomic E-state index is -0.958. The van der Waals surface area contributed by atoms with Crippen LogP contribution in [0.3, 0.4) is 0 Å². The fraction of sp³-hybridized carbons (Fsp3) is 0.150. The Labute approximate surface area is 323 Å². The number of fused-ring (bicyclic) bond motifs is 1. The van der Waals surface area contributed by atoms with Crippen molar-refractivity contribution in [3.05, 3.63) is 154 Å². The molecule has 1 N–H and O–H groups in total. The van der Waals surface area contributed by atoms with Crippen LogP contribution in [0.5, 0.6) is 0 Å². The van der Waals surface area contributed by atoms with Crippen LogP contribution in [-0.2, 0) is 35.8 Å². The monoisotopic (exact) mass is 779 g/mol. The van der Waals surface area contributed by atoms with Gasteiger partial charge in [-0.1, -0.05) is 74.9 Å². The molecule has 0 bridgehead atoms. The number of hydrogen-bond donors (Lipinski definition) is 1.